The van der Waals surface area contributed by atoms with E-state index in [1.165, 1.54) is 0 Å². The zero-order valence-corrected chi connectivity index (χ0v) is 8.11. The summed E-state index contributed by atoms with van der Waals surface area (Å²) in [7, 11) is 0. The van der Waals surface area contributed by atoms with Crippen LogP contribution in [0.3, 0.4) is 0 Å². The van der Waals surface area contributed by atoms with E-state index in [9.17, 15) is 4.79 Å². The molecule has 90 valence electrons. The molecule has 5 N–H and O–H groups in total. The third-order valence-electron chi connectivity index (χ3n) is 1.68. The van der Waals surface area contributed by atoms with E-state index in [1.807, 2.05) is 0 Å². The van der Waals surface area contributed by atoms with E-state index in [4.69, 9.17) is 25.5 Å². The SMILES string of the molecule is O=C([C@H](O)COCCO)[C@H](O)[C@@H](O)CO. The van der Waals surface area contributed by atoms with Gasteiger partial charge in [0.15, 0.2) is 5.78 Å². The van der Waals surface area contributed by atoms with Crippen LogP contribution in [0.5, 0.6) is 0 Å². The number of rotatable bonds is 8. The van der Waals surface area contributed by atoms with Crippen LogP contribution in [0.4, 0.5) is 0 Å². The van der Waals surface area contributed by atoms with Gasteiger partial charge in [-0.3, -0.25) is 4.79 Å². The van der Waals surface area contributed by atoms with Crippen LogP contribution in [0, 0.1) is 0 Å². The Bertz CT molecular complexity index is 184. The first-order valence-electron chi connectivity index (χ1n) is 4.42. The Labute approximate surface area is 86.5 Å². The lowest BCUT2D eigenvalue weighted by Gasteiger charge is -2.17. The molecule has 7 nitrogen and oxygen atoms in total. The van der Waals surface area contributed by atoms with Gasteiger partial charge >= 0.3 is 0 Å². The summed E-state index contributed by atoms with van der Waals surface area (Å²) in [6.07, 6.45) is -5.06. The Hall–Kier alpha value is -0.570. The summed E-state index contributed by atoms with van der Waals surface area (Å²) in [4.78, 5) is 11.1. The van der Waals surface area contributed by atoms with Crippen LogP contribution in [0.1, 0.15) is 0 Å². The monoisotopic (exact) mass is 224 g/mol. The molecule has 0 amide bonds. The predicted molar refractivity (Wildman–Crippen MR) is 48.0 cm³/mol. The molecule has 15 heavy (non-hydrogen) atoms. The molecule has 0 saturated carbocycles. The lowest BCUT2D eigenvalue weighted by Crippen LogP contribution is -2.43. The van der Waals surface area contributed by atoms with Gasteiger partial charge < -0.3 is 30.3 Å². The number of ether oxygens (including phenoxy) is 1. The Morgan fingerprint density at radius 2 is 1.80 bits per heavy atom. The third-order valence-corrected chi connectivity index (χ3v) is 1.68. The minimum atomic E-state index is -1.84. The summed E-state index contributed by atoms with van der Waals surface area (Å²) in [6.45, 7) is -1.45. The van der Waals surface area contributed by atoms with Gasteiger partial charge in [-0.1, -0.05) is 0 Å². The van der Waals surface area contributed by atoms with Crippen molar-refractivity contribution in [2.75, 3.05) is 26.4 Å². The number of aliphatic hydroxyl groups is 5. The zero-order chi connectivity index (χ0) is 11.8. The molecule has 0 aromatic carbocycles. The van der Waals surface area contributed by atoms with Crippen LogP contribution in [-0.2, 0) is 9.53 Å². The van der Waals surface area contributed by atoms with Gasteiger partial charge in [0, 0.05) is 0 Å². The van der Waals surface area contributed by atoms with Crippen molar-refractivity contribution in [1.82, 2.24) is 0 Å². The minimum Gasteiger partial charge on any atom is -0.394 e. The smallest absolute Gasteiger partial charge is 0.194 e. The van der Waals surface area contributed by atoms with E-state index in [2.05, 4.69) is 4.74 Å². The molecule has 3 atom stereocenters. The van der Waals surface area contributed by atoms with Crippen molar-refractivity contribution >= 4 is 5.78 Å². The van der Waals surface area contributed by atoms with E-state index >= 15 is 0 Å². The van der Waals surface area contributed by atoms with Crippen LogP contribution < -0.4 is 0 Å². The third kappa shape index (κ3) is 5.17. The van der Waals surface area contributed by atoms with E-state index in [0.717, 1.165) is 0 Å². The van der Waals surface area contributed by atoms with Crippen molar-refractivity contribution in [2.45, 2.75) is 18.3 Å². The van der Waals surface area contributed by atoms with E-state index in [1.54, 1.807) is 0 Å². The molecular weight excluding hydrogens is 208 g/mol. The molecule has 0 aliphatic heterocycles. The van der Waals surface area contributed by atoms with E-state index < -0.39 is 30.7 Å². The van der Waals surface area contributed by atoms with Crippen molar-refractivity contribution in [3.05, 3.63) is 0 Å². The van der Waals surface area contributed by atoms with Gasteiger partial charge in [0.05, 0.1) is 26.4 Å². The first kappa shape index (κ1) is 14.4. The molecule has 0 bridgehead atoms. The molecule has 0 radical (unpaired) electrons. The molecule has 0 aliphatic carbocycles. The number of ketones is 1. The highest BCUT2D eigenvalue weighted by atomic mass is 16.5. The fourth-order valence-electron chi connectivity index (χ4n) is 0.828. The van der Waals surface area contributed by atoms with Gasteiger partial charge in [-0.2, -0.15) is 0 Å². The van der Waals surface area contributed by atoms with Crippen LogP contribution in [0.15, 0.2) is 0 Å². The number of Topliss-reactive ketones (excluding diaryl/α,β-unsaturated/α-hetero) is 1. The summed E-state index contributed by atoms with van der Waals surface area (Å²) in [5.74, 6) is -1.03. The molecule has 0 aromatic rings. The van der Waals surface area contributed by atoms with Gasteiger partial charge in [0.1, 0.15) is 18.3 Å². The average molecular weight is 224 g/mol. The van der Waals surface area contributed by atoms with Crippen LogP contribution in [0.25, 0.3) is 0 Å². The summed E-state index contributed by atoms with van der Waals surface area (Å²) in [5, 5.41) is 43.9. The molecule has 0 rings (SSSR count). The maximum absolute atomic E-state index is 11.1. The second-order valence-corrected chi connectivity index (χ2v) is 2.91. The maximum Gasteiger partial charge on any atom is 0.194 e. The highest BCUT2D eigenvalue weighted by molar-refractivity contribution is 5.87. The van der Waals surface area contributed by atoms with Crippen molar-refractivity contribution in [2.24, 2.45) is 0 Å². The zero-order valence-electron chi connectivity index (χ0n) is 8.11. The molecule has 0 unspecified atom stereocenters. The van der Waals surface area contributed by atoms with Crippen molar-refractivity contribution < 1.29 is 35.1 Å². The summed E-state index contributed by atoms with van der Waals surface area (Å²) >= 11 is 0. The quantitative estimate of drug-likeness (QED) is 0.272. The fourth-order valence-corrected chi connectivity index (χ4v) is 0.828. The number of carbonyl (C=O) groups is 1. The molecule has 0 aromatic heterocycles. The molecule has 7 heteroatoms. The summed E-state index contributed by atoms with van der Waals surface area (Å²) < 4.78 is 4.65. The average Bonchev–Trinajstić information content (AvgIpc) is 2.26. The van der Waals surface area contributed by atoms with Gasteiger partial charge in [0.2, 0.25) is 0 Å². The van der Waals surface area contributed by atoms with Gasteiger partial charge in [-0.15, -0.1) is 0 Å². The molecule has 0 heterocycles. The molecule has 0 fully saturated rings. The molecule has 0 saturated heterocycles. The molecule has 0 aliphatic rings. The van der Waals surface area contributed by atoms with Crippen LogP contribution >= 0.6 is 0 Å². The van der Waals surface area contributed by atoms with Crippen molar-refractivity contribution in [3.63, 3.8) is 0 Å². The van der Waals surface area contributed by atoms with Gasteiger partial charge in [0.25, 0.3) is 0 Å². The highest BCUT2D eigenvalue weighted by Crippen LogP contribution is 1.99. The largest absolute Gasteiger partial charge is 0.394 e. The first-order chi connectivity index (χ1) is 7.04. The Morgan fingerprint density at radius 3 is 2.27 bits per heavy atom. The lowest BCUT2D eigenvalue weighted by molar-refractivity contribution is -0.146. The Balaban J connectivity index is 3.96. The second-order valence-electron chi connectivity index (χ2n) is 2.91. The fraction of sp³-hybridized carbons (Fsp3) is 0.875. The number of aliphatic hydroxyl groups excluding tert-OH is 5. The minimum absolute atomic E-state index is 0.0387. The van der Waals surface area contributed by atoms with Crippen molar-refractivity contribution in [3.8, 4) is 0 Å². The molecular formula is C8H16O7. The van der Waals surface area contributed by atoms with Crippen LogP contribution in [0.2, 0.25) is 0 Å². The van der Waals surface area contributed by atoms with Gasteiger partial charge in [-0.25, -0.2) is 0 Å². The number of carbonyl (C=O) groups excluding carboxylic acids is 1. The van der Waals surface area contributed by atoms with Gasteiger partial charge in [-0.05, 0) is 0 Å². The Morgan fingerprint density at radius 1 is 1.20 bits per heavy atom. The summed E-state index contributed by atoms with van der Waals surface area (Å²) in [5.41, 5.74) is 0. The van der Waals surface area contributed by atoms with Crippen molar-refractivity contribution in [1.29, 1.82) is 0 Å². The number of hydrogen-bond acceptors (Lipinski definition) is 7. The first-order valence-corrected chi connectivity index (χ1v) is 4.42. The standard InChI is InChI=1S/C8H16O7/c9-1-2-15-4-6(12)8(14)7(13)5(11)3-10/h5-7,9-13H,1-4H2/t5-,6+,7+/m0/s1. The predicted octanol–water partition coefficient (Wildman–Crippen LogP) is -3.36. The second kappa shape index (κ2) is 7.69. The highest BCUT2D eigenvalue weighted by Gasteiger charge is 2.29. The lowest BCUT2D eigenvalue weighted by atomic mass is 10.1. The maximum atomic E-state index is 11.1. The normalized spacial score (nSPS) is 17.1. The number of hydrogen-bond donors (Lipinski definition) is 5. The topological polar surface area (TPSA) is 127 Å². The molecule has 0 spiro atoms. The van der Waals surface area contributed by atoms with E-state index in [0.29, 0.717) is 0 Å². The van der Waals surface area contributed by atoms with E-state index in [-0.39, 0.29) is 19.8 Å². The van der Waals surface area contributed by atoms with Crippen LogP contribution in [-0.4, -0.2) is 76.1 Å². The Kier molecular flexibility index (Phi) is 7.39. The summed E-state index contributed by atoms with van der Waals surface area (Å²) in [6, 6.07) is 0.